The summed E-state index contributed by atoms with van der Waals surface area (Å²) in [7, 11) is 0. The van der Waals surface area contributed by atoms with Gasteiger partial charge in [-0.3, -0.25) is 0 Å². The van der Waals surface area contributed by atoms with Crippen LogP contribution in [0.5, 0.6) is 0 Å². The van der Waals surface area contributed by atoms with Crippen LogP contribution in [-0.2, 0) is 6.61 Å². The number of halogens is 2. The molecule has 0 amide bonds. The lowest BCUT2D eigenvalue weighted by Crippen LogP contribution is -2.07. The summed E-state index contributed by atoms with van der Waals surface area (Å²) in [6, 6.07) is 1.23. The molecule has 6 heteroatoms. The maximum absolute atomic E-state index is 13.0. The highest BCUT2D eigenvalue weighted by atomic mass is 35.5. The van der Waals surface area contributed by atoms with Gasteiger partial charge in [0.15, 0.2) is 5.82 Å². The molecule has 4 nitrogen and oxygen atoms in total. The van der Waals surface area contributed by atoms with Crippen LogP contribution < -0.4 is 0 Å². The fourth-order valence-electron chi connectivity index (χ4n) is 1.61. The first-order valence-corrected chi connectivity index (χ1v) is 5.39. The number of aliphatic hydroxyl groups is 1. The Kier molecular flexibility index (Phi) is 3.13. The van der Waals surface area contributed by atoms with Crippen molar-refractivity contribution in [2.24, 2.45) is 0 Å². The van der Waals surface area contributed by atoms with E-state index in [1.807, 2.05) is 0 Å². The predicted octanol–water partition coefficient (Wildman–Crippen LogP) is 2.17. The van der Waals surface area contributed by atoms with Crippen molar-refractivity contribution in [1.29, 1.82) is 0 Å². The maximum atomic E-state index is 13.0. The fraction of sp³-hybridized carbons (Fsp3) is 0.273. The van der Waals surface area contributed by atoms with E-state index >= 15 is 0 Å². The highest BCUT2D eigenvalue weighted by Crippen LogP contribution is 2.23. The van der Waals surface area contributed by atoms with Crippen molar-refractivity contribution in [1.82, 2.24) is 14.8 Å². The van der Waals surface area contributed by atoms with E-state index in [2.05, 4.69) is 10.1 Å². The molecule has 0 saturated carbocycles. The van der Waals surface area contributed by atoms with E-state index in [-0.39, 0.29) is 6.61 Å². The number of hydrogen-bond donors (Lipinski definition) is 1. The molecule has 0 aromatic carbocycles. The first kappa shape index (κ1) is 12.0. The SMILES string of the molecule is Cc1nn(-c2ncc(F)cc2CO)c(C)c1Cl. The molecule has 0 aliphatic rings. The van der Waals surface area contributed by atoms with Gasteiger partial charge < -0.3 is 5.11 Å². The largest absolute Gasteiger partial charge is 0.392 e. The van der Waals surface area contributed by atoms with E-state index in [1.54, 1.807) is 13.8 Å². The van der Waals surface area contributed by atoms with Gasteiger partial charge >= 0.3 is 0 Å². The molecule has 17 heavy (non-hydrogen) atoms. The molecule has 0 atom stereocenters. The van der Waals surface area contributed by atoms with Crippen LogP contribution in [0.15, 0.2) is 12.3 Å². The van der Waals surface area contributed by atoms with Gasteiger partial charge in [0.2, 0.25) is 0 Å². The van der Waals surface area contributed by atoms with Gasteiger partial charge in [0, 0.05) is 5.56 Å². The molecule has 0 spiro atoms. The normalized spacial score (nSPS) is 10.9. The smallest absolute Gasteiger partial charge is 0.159 e. The zero-order valence-electron chi connectivity index (χ0n) is 9.41. The molecule has 0 aliphatic heterocycles. The minimum atomic E-state index is -0.495. The molecule has 2 rings (SSSR count). The highest BCUT2D eigenvalue weighted by molar-refractivity contribution is 6.31. The predicted molar refractivity (Wildman–Crippen MR) is 61.7 cm³/mol. The Bertz CT molecular complexity index is 568. The number of nitrogens with zero attached hydrogens (tertiary/aromatic N) is 3. The lowest BCUT2D eigenvalue weighted by molar-refractivity contribution is 0.280. The Morgan fingerprint density at radius 3 is 2.71 bits per heavy atom. The highest BCUT2D eigenvalue weighted by Gasteiger charge is 2.14. The second-order valence-electron chi connectivity index (χ2n) is 3.69. The topological polar surface area (TPSA) is 50.9 Å². The molecule has 90 valence electrons. The molecule has 0 radical (unpaired) electrons. The van der Waals surface area contributed by atoms with Gasteiger partial charge in [-0.05, 0) is 19.9 Å². The van der Waals surface area contributed by atoms with E-state index in [9.17, 15) is 9.50 Å². The van der Waals surface area contributed by atoms with Gasteiger partial charge in [-0.2, -0.15) is 5.10 Å². The van der Waals surface area contributed by atoms with Crippen LogP contribution in [0.1, 0.15) is 17.0 Å². The van der Waals surface area contributed by atoms with E-state index in [1.165, 1.54) is 10.7 Å². The molecule has 0 fully saturated rings. The zero-order valence-corrected chi connectivity index (χ0v) is 10.2. The summed E-state index contributed by atoms with van der Waals surface area (Å²) in [5.74, 6) is -0.105. The van der Waals surface area contributed by atoms with E-state index in [0.717, 1.165) is 6.20 Å². The van der Waals surface area contributed by atoms with Crippen molar-refractivity contribution in [3.05, 3.63) is 40.1 Å². The summed E-state index contributed by atoms with van der Waals surface area (Å²) in [5.41, 5.74) is 1.74. The third kappa shape index (κ3) is 2.03. The lowest BCUT2D eigenvalue weighted by atomic mass is 10.2. The van der Waals surface area contributed by atoms with Gasteiger partial charge in [0.25, 0.3) is 0 Å². The summed E-state index contributed by atoms with van der Waals surface area (Å²) in [6.45, 7) is 3.25. The van der Waals surface area contributed by atoms with Crippen molar-refractivity contribution in [2.75, 3.05) is 0 Å². The van der Waals surface area contributed by atoms with E-state index in [0.29, 0.717) is 27.8 Å². The quantitative estimate of drug-likeness (QED) is 0.895. The molecular formula is C11H11ClFN3O. The summed E-state index contributed by atoms with van der Waals surface area (Å²) >= 11 is 6.03. The van der Waals surface area contributed by atoms with Gasteiger partial charge in [-0.1, -0.05) is 11.6 Å². The van der Waals surface area contributed by atoms with Crippen LogP contribution in [0.2, 0.25) is 5.02 Å². The first-order chi connectivity index (χ1) is 8.04. The van der Waals surface area contributed by atoms with Crippen LogP contribution in [0.4, 0.5) is 4.39 Å². The molecule has 0 aliphatic carbocycles. The third-order valence-electron chi connectivity index (χ3n) is 2.48. The van der Waals surface area contributed by atoms with Crippen molar-refractivity contribution in [2.45, 2.75) is 20.5 Å². The third-order valence-corrected chi connectivity index (χ3v) is 3.03. The zero-order chi connectivity index (χ0) is 12.6. The Labute approximate surface area is 103 Å². The molecule has 2 heterocycles. The minimum Gasteiger partial charge on any atom is -0.392 e. The van der Waals surface area contributed by atoms with E-state index in [4.69, 9.17) is 11.6 Å². The Morgan fingerprint density at radius 2 is 2.18 bits per heavy atom. The van der Waals surface area contributed by atoms with Crippen molar-refractivity contribution in [3.63, 3.8) is 0 Å². The number of pyridine rings is 1. The Morgan fingerprint density at radius 1 is 1.47 bits per heavy atom. The van der Waals surface area contributed by atoms with Gasteiger partial charge in [-0.25, -0.2) is 14.1 Å². The molecule has 0 bridgehead atoms. The lowest BCUT2D eigenvalue weighted by Gasteiger charge is -2.08. The summed E-state index contributed by atoms with van der Waals surface area (Å²) in [6.07, 6.45) is 1.08. The second-order valence-corrected chi connectivity index (χ2v) is 4.07. The summed E-state index contributed by atoms with van der Waals surface area (Å²) < 4.78 is 14.5. The van der Waals surface area contributed by atoms with Crippen LogP contribution in [0.25, 0.3) is 5.82 Å². The summed E-state index contributed by atoms with van der Waals surface area (Å²) in [4.78, 5) is 3.94. The van der Waals surface area contributed by atoms with E-state index < -0.39 is 5.82 Å². The van der Waals surface area contributed by atoms with Gasteiger partial charge in [0.1, 0.15) is 5.82 Å². The molecule has 0 unspecified atom stereocenters. The number of aryl methyl sites for hydroxylation is 1. The average molecular weight is 256 g/mol. The maximum Gasteiger partial charge on any atom is 0.159 e. The molecular weight excluding hydrogens is 245 g/mol. The van der Waals surface area contributed by atoms with Crippen molar-refractivity contribution in [3.8, 4) is 5.82 Å². The van der Waals surface area contributed by atoms with Crippen LogP contribution in [0.3, 0.4) is 0 Å². The average Bonchev–Trinajstić information content (AvgIpc) is 2.57. The van der Waals surface area contributed by atoms with Crippen molar-refractivity contribution < 1.29 is 9.50 Å². The van der Waals surface area contributed by atoms with Gasteiger partial charge in [0.05, 0.1) is 29.2 Å². The molecule has 0 saturated heterocycles. The van der Waals surface area contributed by atoms with Crippen molar-refractivity contribution >= 4 is 11.6 Å². The second kappa shape index (κ2) is 4.43. The monoisotopic (exact) mass is 255 g/mol. The number of aromatic nitrogens is 3. The van der Waals surface area contributed by atoms with Crippen LogP contribution >= 0.6 is 11.6 Å². The van der Waals surface area contributed by atoms with Crippen LogP contribution in [0, 0.1) is 19.7 Å². The van der Waals surface area contributed by atoms with Gasteiger partial charge in [-0.15, -0.1) is 0 Å². The number of aliphatic hydroxyl groups excluding tert-OH is 1. The first-order valence-electron chi connectivity index (χ1n) is 5.02. The standard InChI is InChI=1S/C11H11ClFN3O/c1-6-10(12)7(2)16(15-6)11-8(5-17)3-9(13)4-14-11/h3-4,17H,5H2,1-2H3. The fourth-order valence-corrected chi connectivity index (χ4v) is 1.73. The molecule has 2 aromatic heterocycles. The Balaban J connectivity index is 2.64. The van der Waals surface area contributed by atoms with Crippen LogP contribution in [-0.4, -0.2) is 19.9 Å². The minimum absolute atomic E-state index is 0.309. The summed E-state index contributed by atoms with van der Waals surface area (Å²) in [5, 5.41) is 13.9. The molecule has 2 aromatic rings. The number of rotatable bonds is 2. The number of hydrogen-bond acceptors (Lipinski definition) is 3. The molecule has 1 N–H and O–H groups in total. The Hall–Kier alpha value is -1.46.